The van der Waals surface area contributed by atoms with Gasteiger partial charge in [0, 0.05) is 0 Å². The van der Waals surface area contributed by atoms with Gasteiger partial charge >= 0.3 is 0 Å². The van der Waals surface area contributed by atoms with Crippen molar-refractivity contribution in [3.8, 4) is 0 Å². The Labute approximate surface area is 202 Å². The minimum Gasteiger partial charge on any atom is -0.392 e. The summed E-state index contributed by atoms with van der Waals surface area (Å²) in [6.07, 6.45) is 19.9. The minimum absolute atomic E-state index is 0.260. The molecule has 0 bridgehead atoms. The highest BCUT2D eigenvalue weighted by Crippen LogP contribution is 2.42. The molecule has 0 aliphatic heterocycles. The predicted molar refractivity (Wildman–Crippen MR) is 144 cm³/mol. The molecule has 1 saturated carbocycles. The zero-order valence-electron chi connectivity index (χ0n) is 23.2. The highest BCUT2D eigenvalue weighted by atomic mass is 16.3. The van der Waals surface area contributed by atoms with Crippen LogP contribution in [0, 0.1) is 29.1 Å². The summed E-state index contributed by atoms with van der Waals surface area (Å²) in [5, 5.41) is 10.1. The van der Waals surface area contributed by atoms with Crippen LogP contribution in [0.5, 0.6) is 0 Å². The Kier molecular flexibility index (Phi) is 14.1. The van der Waals surface area contributed by atoms with Crippen LogP contribution in [0.1, 0.15) is 139 Å². The molecule has 0 aromatic carbocycles. The fraction of sp³-hybridized carbons (Fsp3) is 0.871. The van der Waals surface area contributed by atoms with E-state index in [1.807, 2.05) is 13.8 Å². The molecular formula is C31H58O. The summed E-state index contributed by atoms with van der Waals surface area (Å²) in [5.41, 5.74) is 5.14. The van der Waals surface area contributed by atoms with Gasteiger partial charge in [-0.15, -0.1) is 0 Å². The van der Waals surface area contributed by atoms with Gasteiger partial charge in [-0.2, -0.15) is 0 Å². The van der Waals surface area contributed by atoms with Crippen LogP contribution in [0.3, 0.4) is 0 Å². The van der Waals surface area contributed by atoms with E-state index in [2.05, 4.69) is 47.6 Å². The summed E-state index contributed by atoms with van der Waals surface area (Å²) in [4.78, 5) is 0. The van der Waals surface area contributed by atoms with Crippen LogP contribution in [-0.4, -0.2) is 11.7 Å². The summed E-state index contributed by atoms with van der Waals surface area (Å²) >= 11 is 0. The molecule has 1 heteroatoms. The Morgan fingerprint density at radius 1 is 1.06 bits per heavy atom. The smallest absolute Gasteiger partial charge is 0.0644 e. The van der Waals surface area contributed by atoms with E-state index in [1.165, 1.54) is 76.2 Å². The van der Waals surface area contributed by atoms with E-state index < -0.39 is 0 Å². The number of hydrogen-bond donors (Lipinski definition) is 1. The Morgan fingerprint density at radius 2 is 1.69 bits per heavy atom. The van der Waals surface area contributed by atoms with E-state index in [4.69, 9.17) is 0 Å². The molecule has 1 nitrogen and oxygen atoms in total. The number of aliphatic hydroxyl groups excluding tert-OH is 1. The summed E-state index contributed by atoms with van der Waals surface area (Å²) in [7, 11) is 0. The van der Waals surface area contributed by atoms with Crippen molar-refractivity contribution in [1.29, 1.82) is 0 Å². The Hall–Kier alpha value is -0.560. The molecular weight excluding hydrogens is 388 g/mol. The highest BCUT2D eigenvalue weighted by molar-refractivity contribution is 5.23. The van der Waals surface area contributed by atoms with Crippen molar-refractivity contribution in [3.63, 3.8) is 0 Å². The summed E-state index contributed by atoms with van der Waals surface area (Å²) in [5.74, 6) is 3.08. The third-order valence-electron chi connectivity index (χ3n) is 7.92. The van der Waals surface area contributed by atoms with Crippen molar-refractivity contribution in [2.75, 3.05) is 6.61 Å². The molecule has 2 aliphatic rings. The van der Waals surface area contributed by atoms with E-state index in [-0.39, 0.29) is 6.61 Å². The molecule has 2 aliphatic carbocycles. The fourth-order valence-corrected chi connectivity index (χ4v) is 5.93. The Morgan fingerprint density at radius 3 is 2.22 bits per heavy atom. The van der Waals surface area contributed by atoms with Crippen LogP contribution >= 0.6 is 0 Å². The van der Waals surface area contributed by atoms with Crippen molar-refractivity contribution in [2.24, 2.45) is 29.1 Å². The van der Waals surface area contributed by atoms with Crippen molar-refractivity contribution in [1.82, 2.24) is 0 Å². The van der Waals surface area contributed by atoms with Gasteiger partial charge in [0.25, 0.3) is 0 Å². The first-order chi connectivity index (χ1) is 15.2. The predicted octanol–water partition coefficient (Wildman–Crippen LogP) is 9.90. The van der Waals surface area contributed by atoms with Crippen molar-refractivity contribution in [3.05, 3.63) is 22.8 Å². The molecule has 2 rings (SSSR count). The maximum absolute atomic E-state index is 10.1. The second-order valence-electron chi connectivity index (χ2n) is 11.9. The highest BCUT2D eigenvalue weighted by Gasteiger charge is 2.28. The van der Waals surface area contributed by atoms with Gasteiger partial charge in [-0.25, -0.2) is 0 Å². The van der Waals surface area contributed by atoms with E-state index in [9.17, 15) is 5.11 Å². The standard InChI is InChI=1S/C29H52O.C2H6/c1-7-28(26(21-30)16-15-22(2)12-11-17-29(4,5)6)23(3)18-24-19-27(20-24)25-13-9-8-10-14-25;1-2/h19,22-25,30H,7-18,20-21H2,1-6H3;1-2H3/b28-26+;. The molecule has 3 atom stereocenters. The molecule has 32 heavy (non-hydrogen) atoms. The lowest BCUT2D eigenvalue weighted by Crippen LogP contribution is -2.21. The summed E-state index contributed by atoms with van der Waals surface area (Å²) < 4.78 is 0. The van der Waals surface area contributed by atoms with Crippen molar-refractivity contribution in [2.45, 2.75) is 139 Å². The second kappa shape index (κ2) is 15.4. The van der Waals surface area contributed by atoms with Gasteiger partial charge in [0.2, 0.25) is 0 Å². The minimum atomic E-state index is 0.260. The van der Waals surface area contributed by atoms with Gasteiger partial charge in [0.15, 0.2) is 0 Å². The molecule has 3 unspecified atom stereocenters. The van der Waals surface area contributed by atoms with Gasteiger partial charge in [-0.05, 0) is 86.0 Å². The van der Waals surface area contributed by atoms with E-state index in [0.29, 0.717) is 11.3 Å². The average molecular weight is 447 g/mol. The van der Waals surface area contributed by atoms with Gasteiger partial charge < -0.3 is 5.11 Å². The van der Waals surface area contributed by atoms with Crippen LogP contribution in [-0.2, 0) is 0 Å². The average Bonchev–Trinajstić information content (AvgIpc) is 2.74. The molecule has 0 heterocycles. The van der Waals surface area contributed by atoms with Crippen LogP contribution in [0.2, 0.25) is 0 Å². The maximum Gasteiger partial charge on any atom is 0.0644 e. The molecule has 0 amide bonds. The molecule has 188 valence electrons. The summed E-state index contributed by atoms with van der Waals surface area (Å²) in [6.45, 7) is 18.4. The molecule has 0 saturated heterocycles. The number of aliphatic hydroxyl groups is 1. The van der Waals surface area contributed by atoms with Crippen molar-refractivity contribution < 1.29 is 5.11 Å². The quantitative estimate of drug-likeness (QED) is 0.296. The molecule has 0 radical (unpaired) electrons. The van der Waals surface area contributed by atoms with E-state index >= 15 is 0 Å². The Balaban J connectivity index is 0.00000249. The maximum atomic E-state index is 10.1. The van der Waals surface area contributed by atoms with Gasteiger partial charge in [0.05, 0.1) is 6.61 Å². The number of allylic oxidation sites excluding steroid dienone is 3. The first-order valence-corrected chi connectivity index (χ1v) is 14.3. The number of hydrogen-bond acceptors (Lipinski definition) is 1. The zero-order valence-corrected chi connectivity index (χ0v) is 23.2. The zero-order chi connectivity index (χ0) is 24.1. The van der Waals surface area contributed by atoms with Gasteiger partial charge in [-0.3, -0.25) is 0 Å². The topological polar surface area (TPSA) is 20.2 Å². The lowest BCUT2D eigenvalue weighted by atomic mass is 9.70. The third kappa shape index (κ3) is 10.6. The molecule has 1 fully saturated rings. The SMILES string of the molecule is CC.CC/C(=C(\CO)CCC(C)CCCC(C)(C)C)C(C)CC1C=C(C2CCCCC2)C1. The van der Waals surface area contributed by atoms with Crippen LogP contribution < -0.4 is 0 Å². The van der Waals surface area contributed by atoms with Crippen LogP contribution in [0.15, 0.2) is 22.8 Å². The lowest BCUT2D eigenvalue weighted by molar-refractivity contribution is 0.311. The largest absolute Gasteiger partial charge is 0.392 e. The Bertz CT molecular complexity index is 555. The van der Waals surface area contributed by atoms with Gasteiger partial charge in [-0.1, -0.05) is 105 Å². The second-order valence-corrected chi connectivity index (χ2v) is 11.9. The van der Waals surface area contributed by atoms with Crippen LogP contribution in [0.25, 0.3) is 0 Å². The summed E-state index contributed by atoms with van der Waals surface area (Å²) in [6, 6.07) is 0. The molecule has 0 aromatic heterocycles. The number of rotatable bonds is 12. The third-order valence-corrected chi connectivity index (χ3v) is 7.92. The molecule has 0 spiro atoms. The monoisotopic (exact) mass is 446 g/mol. The van der Waals surface area contributed by atoms with Crippen LogP contribution in [0.4, 0.5) is 0 Å². The molecule has 0 aromatic rings. The lowest BCUT2D eigenvalue weighted by Gasteiger charge is -2.35. The normalized spacial score (nSPS) is 22.2. The van der Waals surface area contributed by atoms with Crippen molar-refractivity contribution >= 4 is 0 Å². The molecule has 1 N–H and O–H groups in total. The fourth-order valence-electron chi connectivity index (χ4n) is 5.93. The van der Waals surface area contributed by atoms with E-state index in [1.54, 1.807) is 11.1 Å². The first-order valence-electron chi connectivity index (χ1n) is 14.3. The first kappa shape index (κ1) is 29.5. The van der Waals surface area contributed by atoms with Gasteiger partial charge in [0.1, 0.15) is 0 Å². The van der Waals surface area contributed by atoms with E-state index in [0.717, 1.165) is 30.6 Å².